The lowest BCUT2D eigenvalue weighted by atomic mass is 9.87. The van der Waals surface area contributed by atoms with Crippen LogP contribution in [0.3, 0.4) is 0 Å². The molecule has 9 nitrogen and oxygen atoms in total. The van der Waals surface area contributed by atoms with Gasteiger partial charge in [0, 0.05) is 61.8 Å². The first kappa shape index (κ1) is 33.9. The van der Waals surface area contributed by atoms with Crippen LogP contribution in [0, 0.1) is 11.8 Å². The maximum absolute atomic E-state index is 14.7. The standard InChI is InChI=1S/C36H44Cl2N4O5/c1-4-46-35(45)24-11-13-26(14-12-24)47-36(41-15-7-8-16-41,42-20-23(2)21-42)33(43)18-25-17-30(38)31(19-29(25)37)39-34(44)28-22-40(3)32-10-6-5-9-27(28)32/h5-6,9-10,17,19,22-24,26H,4,7-8,11-16,18,20-21H2,1-3H3,(H,39,44)/t24-,26-,36?. The van der Waals surface area contributed by atoms with Gasteiger partial charge in [-0.3, -0.25) is 24.2 Å². The number of amides is 1. The van der Waals surface area contributed by atoms with Crippen molar-refractivity contribution in [2.24, 2.45) is 18.9 Å². The predicted octanol–water partition coefficient (Wildman–Crippen LogP) is 6.69. The number of halogens is 2. The van der Waals surface area contributed by atoms with Crippen LogP contribution in [0.1, 0.15) is 68.3 Å². The Labute approximate surface area is 286 Å². The Morgan fingerprint density at radius 3 is 2.36 bits per heavy atom. The Hall–Kier alpha value is -2.95. The number of nitrogens with one attached hydrogen (secondary N) is 1. The highest BCUT2D eigenvalue weighted by molar-refractivity contribution is 6.36. The minimum atomic E-state index is -1.22. The van der Waals surface area contributed by atoms with Crippen LogP contribution in [0.5, 0.6) is 0 Å². The molecule has 1 unspecified atom stereocenters. The number of hydrogen-bond acceptors (Lipinski definition) is 7. The summed E-state index contributed by atoms with van der Waals surface area (Å²) in [7, 11) is 1.90. The van der Waals surface area contributed by atoms with Gasteiger partial charge in [-0.1, -0.05) is 48.3 Å². The zero-order chi connectivity index (χ0) is 33.3. The van der Waals surface area contributed by atoms with Crippen LogP contribution >= 0.6 is 23.2 Å². The molecule has 2 saturated heterocycles. The third kappa shape index (κ3) is 6.83. The zero-order valence-corrected chi connectivity index (χ0v) is 28.9. The molecule has 6 rings (SSSR count). The third-order valence-electron chi connectivity index (χ3n) is 9.89. The van der Waals surface area contributed by atoms with E-state index in [1.807, 2.05) is 42.8 Å². The fourth-order valence-electron chi connectivity index (χ4n) is 7.46. The van der Waals surface area contributed by atoms with E-state index in [4.69, 9.17) is 32.7 Å². The van der Waals surface area contributed by atoms with Crippen molar-refractivity contribution in [3.63, 3.8) is 0 Å². The van der Waals surface area contributed by atoms with Crippen LogP contribution in [0.15, 0.2) is 42.6 Å². The SMILES string of the molecule is CCOC(=O)[C@H]1CC[C@H](OC(C(=O)Cc2cc(Cl)c(NC(=O)c3cn(C)c4ccccc34)cc2Cl)(N2CCCC2)N2CC(C)C2)CC1. The van der Waals surface area contributed by atoms with Gasteiger partial charge >= 0.3 is 5.97 Å². The van der Waals surface area contributed by atoms with Crippen molar-refractivity contribution in [1.82, 2.24) is 14.4 Å². The molecule has 1 amide bonds. The van der Waals surface area contributed by atoms with Crippen LogP contribution in [-0.4, -0.2) is 76.8 Å². The number of aromatic nitrogens is 1. The van der Waals surface area contributed by atoms with Crippen molar-refractivity contribution >= 4 is 57.5 Å². The fourth-order valence-corrected chi connectivity index (χ4v) is 7.93. The molecule has 0 radical (unpaired) electrons. The second-order valence-electron chi connectivity index (χ2n) is 13.3. The van der Waals surface area contributed by atoms with Crippen molar-refractivity contribution in [2.45, 2.75) is 70.7 Å². The van der Waals surface area contributed by atoms with Crippen LogP contribution in [-0.2, 0) is 32.5 Å². The van der Waals surface area contributed by atoms with E-state index < -0.39 is 5.85 Å². The Balaban J connectivity index is 1.23. The summed E-state index contributed by atoms with van der Waals surface area (Å²) < 4.78 is 14.2. The lowest BCUT2D eigenvalue weighted by Crippen LogP contribution is -2.72. The van der Waals surface area contributed by atoms with E-state index in [0.29, 0.717) is 65.1 Å². The quantitative estimate of drug-likeness (QED) is 0.225. The highest BCUT2D eigenvalue weighted by Gasteiger charge is 2.55. The number of carbonyl (C=O) groups excluding carboxylic acids is 3. The number of nitrogens with zero attached hydrogens (tertiary/aromatic N) is 3. The van der Waals surface area contributed by atoms with E-state index in [1.165, 1.54) is 0 Å². The van der Waals surface area contributed by atoms with Gasteiger partial charge in [0.2, 0.25) is 5.85 Å². The van der Waals surface area contributed by atoms with Crippen LogP contribution < -0.4 is 5.32 Å². The molecule has 3 heterocycles. The second-order valence-corrected chi connectivity index (χ2v) is 14.1. The molecule has 252 valence electrons. The Kier molecular flexibility index (Phi) is 10.3. The van der Waals surface area contributed by atoms with Gasteiger partial charge in [-0.05, 0) is 75.1 Å². The molecule has 3 fully saturated rings. The Morgan fingerprint density at radius 2 is 1.68 bits per heavy atom. The minimum absolute atomic E-state index is 0.0235. The number of ether oxygens (including phenoxy) is 2. The highest BCUT2D eigenvalue weighted by Crippen LogP contribution is 2.40. The van der Waals surface area contributed by atoms with E-state index in [9.17, 15) is 14.4 Å². The summed E-state index contributed by atoms with van der Waals surface area (Å²) in [5.41, 5.74) is 2.43. The molecule has 47 heavy (non-hydrogen) atoms. The van der Waals surface area contributed by atoms with Gasteiger partial charge in [-0.15, -0.1) is 0 Å². The van der Waals surface area contributed by atoms with Crippen molar-refractivity contribution in [3.05, 3.63) is 63.8 Å². The topological polar surface area (TPSA) is 93.1 Å². The first-order chi connectivity index (χ1) is 22.6. The van der Waals surface area contributed by atoms with Crippen molar-refractivity contribution in [2.75, 3.05) is 38.1 Å². The van der Waals surface area contributed by atoms with Crippen molar-refractivity contribution in [3.8, 4) is 0 Å². The molecule has 1 N–H and O–H groups in total. The van der Waals surface area contributed by atoms with E-state index in [2.05, 4.69) is 22.0 Å². The smallest absolute Gasteiger partial charge is 0.308 e. The number of para-hydroxylation sites is 1. The number of likely N-dealkylation sites (tertiary alicyclic amines) is 2. The van der Waals surface area contributed by atoms with Gasteiger partial charge in [0.1, 0.15) is 0 Å². The number of hydrogen-bond donors (Lipinski definition) is 1. The number of ketones is 1. The maximum Gasteiger partial charge on any atom is 0.308 e. The summed E-state index contributed by atoms with van der Waals surface area (Å²) in [4.78, 5) is 44.8. The first-order valence-corrected chi connectivity index (χ1v) is 17.6. The van der Waals surface area contributed by atoms with Crippen molar-refractivity contribution < 1.29 is 23.9 Å². The molecule has 11 heteroatoms. The monoisotopic (exact) mass is 682 g/mol. The number of benzene rings is 2. The van der Waals surface area contributed by atoms with Crippen LogP contribution in [0.4, 0.5) is 5.69 Å². The molecule has 1 aliphatic carbocycles. The van der Waals surface area contributed by atoms with E-state index in [0.717, 1.165) is 49.9 Å². The predicted molar refractivity (Wildman–Crippen MR) is 184 cm³/mol. The molecule has 1 aromatic heterocycles. The van der Waals surface area contributed by atoms with Gasteiger partial charge in [0.15, 0.2) is 5.78 Å². The summed E-state index contributed by atoms with van der Waals surface area (Å²) in [6.07, 6.45) is 6.38. The molecule has 3 aliphatic rings. The summed E-state index contributed by atoms with van der Waals surface area (Å²) in [5.74, 6) is -1.42. The molecule has 3 aromatic rings. The fraction of sp³-hybridized carbons (Fsp3) is 0.528. The lowest BCUT2D eigenvalue weighted by Gasteiger charge is -2.55. The minimum Gasteiger partial charge on any atom is -0.466 e. The number of anilines is 1. The molecule has 1 saturated carbocycles. The van der Waals surface area contributed by atoms with Gasteiger partial charge < -0.3 is 19.4 Å². The zero-order valence-electron chi connectivity index (χ0n) is 27.4. The van der Waals surface area contributed by atoms with Gasteiger partial charge in [0.25, 0.3) is 5.91 Å². The van der Waals surface area contributed by atoms with Gasteiger partial charge in [-0.25, -0.2) is 0 Å². The number of fused-ring (bicyclic) bond motifs is 1. The summed E-state index contributed by atoms with van der Waals surface area (Å²) in [6.45, 7) is 7.43. The number of Topliss-reactive ketones (excluding diaryl/α,β-unsaturated/α-hetero) is 1. The summed E-state index contributed by atoms with van der Waals surface area (Å²) in [5, 5.41) is 4.40. The van der Waals surface area contributed by atoms with E-state index in [-0.39, 0.29) is 36.1 Å². The van der Waals surface area contributed by atoms with Gasteiger partial charge in [0.05, 0.1) is 34.9 Å². The number of carbonyl (C=O) groups is 3. The van der Waals surface area contributed by atoms with E-state index in [1.54, 1.807) is 18.3 Å². The molecule has 2 aromatic carbocycles. The summed E-state index contributed by atoms with van der Waals surface area (Å²) >= 11 is 13.6. The number of aryl methyl sites for hydroxylation is 1. The van der Waals surface area contributed by atoms with Crippen molar-refractivity contribution in [1.29, 1.82) is 0 Å². The average Bonchev–Trinajstić information content (AvgIpc) is 3.70. The molecule has 1 atom stereocenters. The summed E-state index contributed by atoms with van der Waals surface area (Å²) in [6, 6.07) is 11.0. The average molecular weight is 684 g/mol. The molecule has 0 bridgehead atoms. The maximum atomic E-state index is 14.7. The Bertz CT molecular complexity index is 1640. The van der Waals surface area contributed by atoms with Crippen LogP contribution in [0.25, 0.3) is 10.9 Å². The van der Waals surface area contributed by atoms with Crippen LogP contribution in [0.2, 0.25) is 10.0 Å². The van der Waals surface area contributed by atoms with Gasteiger partial charge in [-0.2, -0.15) is 0 Å². The number of esters is 1. The first-order valence-electron chi connectivity index (χ1n) is 16.8. The number of rotatable bonds is 11. The normalized spacial score (nSPS) is 22.1. The Morgan fingerprint density at radius 1 is 0.979 bits per heavy atom. The van der Waals surface area contributed by atoms with E-state index >= 15 is 0 Å². The third-order valence-corrected chi connectivity index (χ3v) is 10.6. The molecular weight excluding hydrogens is 639 g/mol. The molecule has 2 aliphatic heterocycles. The second kappa shape index (κ2) is 14.3. The largest absolute Gasteiger partial charge is 0.466 e. The molecule has 0 spiro atoms. The highest BCUT2D eigenvalue weighted by atomic mass is 35.5. The lowest BCUT2D eigenvalue weighted by molar-refractivity contribution is -0.274. The molecular formula is C36H44Cl2N4O5.